The van der Waals surface area contributed by atoms with Crippen LogP contribution in [0, 0.1) is 0 Å². The van der Waals surface area contributed by atoms with Gasteiger partial charge in [-0.05, 0) is 23.3 Å². The molecule has 0 unspecified atom stereocenters. The molecule has 4 heteroatoms. The van der Waals surface area contributed by atoms with Crippen LogP contribution in [-0.2, 0) is 6.54 Å². The number of hydrogen-bond acceptors (Lipinski definition) is 2. The van der Waals surface area contributed by atoms with E-state index in [4.69, 9.17) is 5.11 Å². The van der Waals surface area contributed by atoms with Gasteiger partial charge in [0.25, 0.3) is 0 Å². The maximum Gasteiger partial charge on any atom is 0.171 e. The minimum atomic E-state index is 0. The Hall–Kier alpha value is -1.40. The molecule has 0 aliphatic rings. The zero-order valence-electron chi connectivity index (χ0n) is 12.4. The van der Waals surface area contributed by atoms with Crippen molar-refractivity contribution in [1.29, 1.82) is 0 Å². The molecular weight excluding hydrogens is 375 g/mol. The lowest BCUT2D eigenvalue weighted by atomic mass is 10.1. The zero-order chi connectivity index (χ0) is 14.4. The topological polar surface area (TPSA) is 27.4 Å². The van der Waals surface area contributed by atoms with E-state index in [0.29, 0.717) is 6.54 Å². The van der Waals surface area contributed by atoms with Gasteiger partial charge in [0.15, 0.2) is 18.9 Å². The van der Waals surface area contributed by atoms with Crippen LogP contribution in [0.15, 0.2) is 48.8 Å². The number of aromatic nitrogens is 1. The van der Waals surface area contributed by atoms with E-state index in [2.05, 4.69) is 41.3 Å². The summed E-state index contributed by atoms with van der Waals surface area (Å²) in [6.07, 6.45) is 8.15. The van der Waals surface area contributed by atoms with Crippen molar-refractivity contribution in [2.75, 3.05) is 25.6 Å². The molecule has 112 valence electrons. The number of aliphatic hydroxyl groups excluding tert-OH is 1. The van der Waals surface area contributed by atoms with E-state index in [1.54, 1.807) is 0 Å². The molecule has 0 amide bonds. The molecule has 2 aromatic rings. The van der Waals surface area contributed by atoms with E-state index >= 15 is 0 Å². The summed E-state index contributed by atoms with van der Waals surface area (Å²) in [6.45, 7) is 0.800. The molecule has 1 aromatic carbocycles. The van der Waals surface area contributed by atoms with Gasteiger partial charge in [-0.1, -0.05) is 24.3 Å². The summed E-state index contributed by atoms with van der Waals surface area (Å²) in [5.74, 6) is 0. The molecule has 0 aliphatic heterocycles. The Labute approximate surface area is 143 Å². The van der Waals surface area contributed by atoms with Crippen molar-refractivity contribution in [1.82, 2.24) is 0 Å². The van der Waals surface area contributed by atoms with Crippen molar-refractivity contribution >= 4 is 17.8 Å². The number of aliphatic hydroxyl groups is 1. The SMILES string of the molecule is CN(C)c1ccc(/C=C/c2cc[n+](CCO)cc2)cc1.[I-]. The fourth-order valence-corrected chi connectivity index (χ4v) is 1.92. The fourth-order valence-electron chi connectivity index (χ4n) is 1.92. The first-order valence-corrected chi connectivity index (χ1v) is 6.74. The van der Waals surface area contributed by atoms with Gasteiger partial charge in [0.05, 0.1) is 0 Å². The molecular formula is C17H21IN2O. The van der Waals surface area contributed by atoms with Gasteiger partial charge in [-0.3, -0.25) is 0 Å². The molecule has 2 rings (SSSR count). The monoisotopic (exact) mass is 396 g/mol. The van der Waals surface area contributed by atoms with Crippen LogP contribution >= 0.6 is 0 Å². The normalized spacial score (nSPS) is 10.4. The van der Waals surface area contributed by atoms with Crippen molar-refractivity contribution in [2.45, 2.75) is 6.54 Å². The second-order valence-corrected chi connectivity index (χ2v) is 4.91. The zero-order valence-corrected chi connectivity index (χ0v) is 14.6. The smallest absolute Gasteiger partial charge is 0.171 e. The van der Waals surface area contributed by atoms with Crippen LogP contribution in [0.2, 0.25) is 0 Å². The molecule has 0 radical (unpaired) electrons. The molecule has 3 nitrogen and oxygen atoms in total. The Morgan fingerprint density at radius 2 is 1.48 bits per heavy atom. The maximum absolute atomic E-state index is 8.86. The van der Waals surface area contributed by atoms with Crippen molar-refractivity contribution < 1.29 is 33.7 Å². The highest BCUT2D eigenvalue weighted by Crippen LogP contribution is 2.14. The number of nitrogens with zero attached hydrogens (tertiary/aromatic N) is 2. The van der Waals surface area contributed by atoms with Gasteiger partial charge >= 0.3 is 0 Å². The van der Waals surface area contributed by atoms with Crippen LogP contribution in [-0.4, -0.2) is 25.8 Å². The quantitative estimate of drug-likeness (QED) is 0.530. The van der Waals surface area contributed by atoms with Crippen LogP contribution in [0.5, 0.6) is 0 Å². The van der Waals surface area contributed by atoms with Crippen molar-refractivity contribution in [3.05, 3.63) is 59.9 Å². The summed E-state index contributed by atoms with van der Waals surface area (Å²) in [6, 6.07) is 12.5. The summed E-state index contributed by atoms with van der Waals surface area (Å²) in [5, 5.41) is 8.86. The van der Waals surface area contributed by atoms with E-state index < -0.39 is 0 Å². The van der Waals surface area contributed by atoms with Crippen LogP contribution in [0.1, 0.15) is 11.1 Å². The Morgan fingerprint density at radius 3 is 1.95 bits per heavy atom. The van der Waals surface area contributed by atoms with Gasteiger partial charge in [-0.2, -0.15) is 0 Å². The van der Waals surface area contributed by atoms with Gasteiger partial charge in [0.1, 0.15) is 6.61 Å². The highest BCUT2D eigenvalue weighted by atomic mass is 127. The lowest BCUT2D eigenvalue weighted by Crippen LogP contribution is -3.00. The van der Waals surface area contributed by atoms with Crippen LogP contribution in [0.4, 0.5) is 5.69 Å². The van der Waals surface area contributed by atoms with E-state index in [-0.39, 0.29) is 30.6 Å². The third-order valence-corrected chi connectivity index (χ3v) is 3.15. The lowest BCUT2D eigenvalue weighted by molar-refractivity contribution is -0.698. The summed E-state index contributed by atoms with van der Waals surface area (Å²) in [5.41, 5.74) is 3.53. The molecule has 1 N–H and O–H groups in total. The summed E-state index contributed by atoms with van der Waals surface area (Å²) in [4.78, 5) is 2.09. The predicted octanol–water partition coefficient (Wildman–Crippen LogP) is -0.793. The molecule has 0 saturated heterocycles. The molecule has 0 atom stereocenters. The van der Waals surface area contributed by atoms with Crippen molar-refractivity contribution in [3.63, 3.8) is 0 Å². The third-order valence-electron chi connectivity index (χ3n) is 3.15. The van der Waals surface area contributed by atoms with Crippen LogP contribution in [0.3, 0.4) is 0 Å². The second kappa shape index (κ2) is 8.79. The average molecular weight is 396 g/mol. The largest absolute Gasteiger partial charge is 1.00 e. The number of hydrogen-bond donors (Lipinski definition) is 1. The van der Waals surface area contributed by atoms with Crippen molar-refractivity contribution in [3.8, 4) is 0 Å². The molecule has 0 spiro atoms. The lowest BCUT2D eigenvalue weighted by Gasteiger charge is -2.11. The van der Waals surface area contributed by atoms with Gasteiger partial charge in [0, 0.05) is 31.9 Å². The van der Waals surface area contributed by atoms with E-state index in [0.717, 1.165) is 5.56 Å². The number of halogens is 1. The Balaban J connectivity index is 0.00000220. The van der Waals surface area contributed by atoms with Gasteiger partial charge < -0.3 is 34.0 Å². The number of pyridine rings is 1. The fraction of sp³-hybridized carbons (Fsp3) is 0.235. The Morgan fingerprint density at radius 1 is 0.952 bits per heavy atom. The third kappa shape index (κ3) is 5.47. The van der Waals surface area contributed by atoms with E-state index in [9.17, 15) is 0 Å². The summed E-state index contributed by atoms with van der Waals surface area (Å²) < 4.78 is 1.96. The molecule has 0 saturated carbocycles. The maximum atomic E-state index is 8.86. The first-order chi connectivity index (χ1) is 9.69. The van der Waals surface area contributed by atoms with E-state index in [1.165, 1.54) is 11.3 Å². The number of benzene rings is 1. The molecule has 1 heterocycles. The van der Waals surface area contributed by atoms with Crippen LogP contribution < -0.4 is 33.4 Å². The molecule has 1 aromatic heterocycles. The predicted molar refractivity (Wildman–Crippen MR) is 83.4 cm³/mol. The first kappa shape index (κ1) is 17.7. The minimum absolute atomic E-state index is 0. The Kier molecular flexibility index (Phi) is 7.39. The highest BCUT2D eigenvalue weighted by Gasteiger charge is 1.97. The molecule has 0 bridgehead atoms. The minimum Gasteiger partial charge on any atom is -1.00 e. The van der Waals surface area contributed by atoms with Gasteiger partial charge in [-0.15, -0.1) is 0 Å². The second-order valence-electron chi connectivity index (χ2n) is 4.91. The number of rotatable bonds is 5. The standard InChI is InChI=1S/C17H21N2O.HI/c1-18(2)17-7-5-15(6-8-17)3-4-16-9-11-19(12-10-16)13-14-20;/h3-12,20H,13-14H2,1-2H3;1H/q+1;/p-1. The highest BCUT2D eigenvalue weighted by molar-refractivity contribution is 5.70. The number of anilines is 1. The molecule has 0 fully saturated rings. The summed E-state index contributed by atoms with van der Waals surface area (Å²) >= 11 is 0. The van der Waals surface area contributed by atoms with Crippen molar-refractivity contribution in [2.24, 2.45) is 0 Å². The van der Waals surface area contributed by atoms with Crippen LogP contribution in [0.25, 0.3) is 12.2 Å². The van der Waals surface area contributed by atoms with E-state index in [1.807, 2.05) is 43.2 Å². The summed E-state index contributed by atoms with van der Waals surface area (Å²) in [7, 11) is 4.08. The Bertz CT molecular complexity index is 562. The first-order valence-electron chi connectivity index (χ1n) is 6.74. The average Bonchev–Trinajstić information content (AvgIpc) is 2.47. The van der Waals surface area contributed by atoms with Gasteiger partial charge in [-0.25, -0.2) is 4.57 Å². The molecule has 21 heavy (non-hydrogen) atoms. The molecule has 0 aliphatic carbocycles. The van der Waals surface area contributed by atoms with Gasteiger partial charge in [0.2, 0.25) is 0 Å².